The van der Waals surface area contributed by atoms with Crippen molar-refractivity contribution in [2.45, 2.75) is 18.8 Å². The third kappa shape index (κ3) is 2.28. The molecule has 1 aliphatic carbocycles. The Morgan fingerprint density at radius 1 is 1.33 bits per heavy atom. The number of hydrogen-bond donors (Lipinski definition) is 1. The Bertz CT molecular complexity index is 819. The van der Waals surface area contributed by atoms with E-state index < -0.39 is 5.97 Å². The molecule has 1 saturated carbocycles. The van der Waals surface area contributed by atoms with E-state index in [-0.39, 0.29) is 5.69 Å². The smallest absolute Gasteiger partial charge is 0.358 e. The average Bonchev–Trinajstić information content (AvgIpc) is 3.40. The van der Waals surface area contributed by atoms with E-state index in [1.807, 2.05) is 7.05 Å². The number of nitrogens with two attached hydrogens (primary N) is 1. The highest BCUT2D eigenvalue weighted by Gasteiger charge is 2.33. The standard InChI is InChI=1S/C17H19N5O2/c1-21-9-22(18)16-14(21)6-5-11(10-3-4-10)15(16)12-7-19-8-13(20-12)17(23)24-2/h5-8,10H,3-4,9,18H2,1-2H3. The molecule has 7 nitrogen and oxygen atoms in total. The molecule has 0 unspecified atom stereocenters. The third-order valence-corrected chi connectivity index (χ3v) is 4.55. The number of esters is 1. The Hall–Kier alpha value is -2.67. The van der Waals surface area contributed by atoms with Gasteiger partial charge in [0, 0.05) is 12.6 Å². The highest BCUT2D eigenvalue weighted by atomic mass is 16.5. The van der Waals surface area contributed by atoms with Crippen LogP contribution in [-0.2, 0) is 4.74 Å². The number of hydrogen-bond acceptors (Lipinski definition) is 7. The van der Waals surface area contributed by atoms with Crippen LogP contribution < -0.4 is 15.8 Å². The average molecular weight is 325 g/mol. The second-order valence-electron chi connectivity index (χ2n) is 6.26. The van der Waals surface area contributed by atoms with Gasteiger partial charge in [-0.05, 0) is 30.4 Å². The first-order chi connectivity index (χ1) is 11.6. The Morgan fingerprint density at radius 2 is 2.12 bits per heavy atom. The zero-order valence-corrected chi connectivity index (χ0v) is 13.7. The number of nitrogens with zero attached hydrogens (tertiary/aromatic N) is 4. The first-order valence-corrected chi connectivity index (χ1v) is 7.91. The molecule has 2 N–H and O–H groups in total. The molecule has 0 atom stereocenters. The van der Waals surface area contributed by atoms with E-state index in [2.05, 4.69) is 27.0 Å². The molecule has 0 radical (unpaired) electrons. The van der Waals surface area contributed by atoms with Gasteiger partial charge in [0.1, 0.15) is 6.67 Å². The van der Waals surface area contributed by atoms with Crippen LogP contribution in [0.2, 0.25) is 0 Å². The zero-order valence-electron chi connectivity index (χ0n) is 13.7. The van der Waals surface area contributed by atoms with Gasteiger partial charge in [-0.1, -0.05) is 6.07 Å². The Morgan fingerprint density at radius 3 is 2.83 bits per heavy atom. The number of aromatic nitrogens is 2. The minimum atomic E-state index is -0.494. The van der Waals surface area contributed by atoms with E-state index in [0.29, 0.717) is 18.3 Å². The number of methoxy groups -OCH3 is 1. The predicted molar refractivity (Wildman–Crippen MR) is 90.7 cm³/mol. The normalized spacial score (nSPS) is 16.3. The maximum absolute atomic E-state index is 11.8. The fourth-order valence-corrected chi connectivity index (χ4v) is 3.26. The lowest BCUT2D eigenvalue weighted by molar-refractivity contribution is 0.0593. The minimum Gasteiger partial charge on any atom is -0.464 e. The summed E-state index contributed by atoms with van der Waals surface area (Å²) in [5, 5.41) is 1.73. The number of ether oxygens (including phenoxy) is 1. The number of fused-ring (bicyclic) bond motifs is 1. The summed E-state index contributed by atoms with van der Waals surface area (Å²) in [6.45, 7) is 0.612. The highest BCUT2D eigenvalue weighted by Crippen LogP contribution is 2.50. The fraction of sp³-hybridized carbons (Fsp3) is 0.353. The summed E-state index contributed by atoms with van der Waals surface area (Å²) in [6.07, 6.45) is 5.42. The van der Waals surface area contributed by atoms with Crippen molar-refractivity contribution in [2.75, 3.05) is 30.7 Å². The summed E-state index contributed by atoms with van der Waals surface area (Å²) in [5.41, 5.74) is 5.04. The maximum Gasteiger partial charge on any atom is 0.358 e. The van der Waals surface area contributed by atoms with E-state index in [9.17, 15) is 4.79 Å². The van der Waals surface area contributed by atoms with Crippen molar-refractivity contribution in [2.24, 2.45) is 5.84 Å². The van der Waals surface area contributed by atoms with Crippen molar-refractivity contribution in [1.29, 1.82) is 0 Å². The van der Waals surface area contributed by atoms with Gasteiger partial charge >= 0.3 is 5.97 Å². The second-order valence-corrected chi connectivity index (χ2v) is 6.26. The molecule has 2 heterocycles. The molecular weight excluding hydrogens is 306 g/mol. The molecule has 4 rings (SSSR count). The van der Waals surface area contributed by atoms with Crippen LogP contribution in [0.15, 0.2) is 24.5 Å². The van der Waals surface area contributed by atoms with E-state index in [1.54, 1.807) is 11.2 Å². The Labute approximate surface area is 140 Å². The van der Waals surface area contributed by atoms with E-state index in [1.165, 1.54) is 18.9 Å². The first-order valence-electron chi connectivity index (χ1n) is 7.91. The van der Waals surface area contributed by atoms with Gasteiger partial charge < -0.3 is 9.64 Å². The van der Waals surface area contributed by atoms with Crippen LogP contribution in [0.1, 0.15) is 34.8 Å². The van der Waals surface area contributed by atoms with Gasteiger partial charge in [0.05, 0.1) is 36.6 Å². The molecular formula is C17H19N5O2. The molecule has 24 heavy (non-hydrogen) atoms. The van der Waals surface area contributed by atoms with Gasteiger partial charge in [0.15, 0.2) is 5.69 Å². The van der Waals surface area contributed by atoms with Crippen molar-refractivity contribution < 1.29 is 9.53 Å². The van der Waals surface area contributed by atoms with Crippen LogP contribution in [0.5, 0.6) is 0 Å². The molecule has 0 spiro atoms. The van der Waals surface area contributed by atoms with Crippen LogP contribution >= 0.6 is 0 Å². The zero-order chi connectivity index (χ0) is 16.8. The maximum atomic E-state index is 11.8. The fourth-order valence-electron chi connectivity index (χ4n) is 3.26. The summed E-state index contributed by atoms with van der Waals surface area (Å²) in [6, 6.07) is 4.25. The van der Waals surface area contributed by atoms with Gasteiger partial charge in [-0.2, -0.15) is 0 Å². The van der Waals surface area contributed by atoms with Gasteiger partial charge in [0.2, 0.25) is 0 Å². The summed E-state index contributed by atoms with van der Waals surface area (Å²) in [4.78, 5) is 22.6. The number of carbonyl (C=O) groups is 1. The lowest BCUT2D eigenvalue weighted by Crippen LogP contribution is -2.34. The van der Waals surface area contributed by atoms with Crippen LogP contribution in [0, 0.1) is 0 Å². The van der Waals surface area contributed by atoms with Gasteiger partial charge in [0.25, 0.3) is 0 Å². The first kappa shape index (κ1) is 14.9. The van der Waals surface area contributed by atoms with E-state index >= 15 is 0 Å². The molecule has 124 valence electrons. The molecule has 1 fully saturated rings. The number of benzene rings is 1. The molecule has 1 aliphatic heterocycles. The molecule has 1 aromatic heterocycles. The highest BCUT2D eigenvalue weighted by molar-refractivity contribution is 5.93. The van der Waals surface area contributed by atoms with E-state index in [4.69, 9.17) is 10.6 Å². The van der Waals surface area contributed by atoms with Gasteiger partial charge in [-0.15, -0.1) is 0 Å². The lowest BCUT2D eigenvalue weighted by atomic mass is 9.97. The molecule has 7 heteroatoms. The number of rotatable bonds is 3. The predicted octanol–water partition coefficient (Wildman–Crippen LogP) is 1.90. The number of hydrazine groups is 1. The Kier molecular flexibility index (Phi) is 3.38. The minimum absolute atomic E-state index is 0.198. The van der Waals surface area contributed by atoms with Crippen molar-refractivity contribution in [3.63, 3.8) is 0 Å². The number of anilines is 2. The van der Waals surface area contributed by atoms with Gasteiger partial charge in [-0.25, -0.2) is 15.6 Å². The summed E-state index contributed by atoms with van der Waals surface area (Å²) in [5.74, 6) is 6.27. The molecule has 0 bridgehead atoms. The van der Waals surface area contributed by atoms with Crippen molar-refractivity contribution in [3.8, 4) is 11.3 Å². The van der Waals surface area contributed by atoms with Crippen molar-refractivity contribution >= 4 is 17.3 Å². The lowest BCUT2D eigenvalue weighted by Gasteiger charge is -2.18. The topological polar surface area (TPSA) is 84.6 Å². The molecule has 1 aromatic carbocycles. The van der Waals surface area contributed by atoms with Crippen molar-refractivity contribution in [1.82, 2.24) is 9.97 Å². The SMILES string of the molecule is COC(=O)c1cncc(-c2c(C3CC3)ccc3c2N(N)CN3C)n1. The molecule has 0 amide bonds. The quantitative estimate of drug-likeness (QED) is 0.681. The van der Waals surface area contributed by atoms with Gasteiger partial charge in [-0.3, -0.25) is 9.99 Å². The largest absolute Gasteiger partial charge is 0.464 e. The number of carbonyl (C=O) groups excluding carboxylic acids is 1. The third-order valence-electron chi connectivity index (χ3n) is 4.55. The summed E-state index contributed by atoms with van der Waals surface area (Å²) >= 11 is 0. The Balaban J connectivity index is 1.93. The van der Waals surface area contributed by atoms with E-state index in [0.717, 1.165) is 29.8 Å². The summed E-state index contributed by atoms with van der Waals surface area (Å²) < 4.78 is 4.76. The second kappa shape index (κ2) is 5.45. The molecule has 0 saturated heterocycles. The molecule has 2 aliphatic rings. The van der Waals surface area contributed by atoms with Crippen LogP contribution in [0.3, 0.4) is 0 Å². The van der Waals surface area contributed by atoms with Crippen LogP contribution in [0.4, 0.5) is 11.4 Å². The van der Waals surface area contributed by atoms with Crippen LogP contribution in [0.25, 0.3) is 11.3 Å². The molecule has 2 aromatic rings. The van der Waals surface area contributed by atoms with Crippen LogP contribution in [-0.4, -0.2) is 36.8 Å². The monoisotopic (exact) mass is 325 g/mol. The van der Waals surface area contributed by atoms with Crippen molar-refractivity contribution in [3.05, 3.63) is 35.8 Å². The summed E-state index contributed by atoms with van der Waals surface area (Å²) in [7, 11) is 3.34.